The van der Waals surface area contributed by atoms with Crippen molar-refractivity contribution in [2.24, 2.45) is 0 Å². The van der Waals surface area contributed by atoms with Crippen LogP contribution in [-0.2, 0) is 0 Å². The molecule has 0 bridgehead atoms. The van der Waals surface area contributed by atoms with E-state index < -0.39 is 0 Å². The zero-order chi connectivity index (χ0) is 3.41. The van der Waals surface area contributed by atoms with E-state index >= 15 is 0 Å². The molecule has 0 atom stereocenters. The van der Waals surface area contributed by atoms with Gasteiger partial charge in [-0.25, -0.2) is 0 Å². The standard InChI is InChI=1S/C3H7B/c1-3-4-2/h2-3H2,1H3. The summed E-state index contributed by atoms with van der Waals surface area (Å²) in [6.45, 7) is 7.42. The van der Waals surface area contributed by atoms with Gasteiger partial charge in [0.25, 0.3) is 0 Å². The van der Waals surface area contributed by atoms with E-state index in [1.54, 1.807) is 0 Å². The molecule has 0 rings (SSSR count). The Balaban J connectivity index is 2.30. The first kappa shape index (κ1) is 3.93. The van der Waals surface area contributed by atoms with Crippen LogP contribution in [0.1, 0.15) is 6.92 Å². The van der Waals surface area contributed by atoms with Crippen molar-refractivity contribution in [1.29, 1.82) is 0 Å². The molecule has 0 radical (unpaired) electrons. The molecule has 0 spiro atoms. The maximum atomic E-state index is 3.48. The summed E-state index contributed by atoms with van der Waals surface area (Å²) < 4.78 is 0. The van der Waals surface area contributed by atoms with Gasteiger partial charge in [-0.05, 0) is 0 Å². The molecule has 0 aromatic rings. The van der Waals surface area contributed by atoms with E-state index in [2.05, 4.69) is 13.4 Å². The van der Waals surface area contributed by atoms with E-state index in [1.807, 2.05) is 6.92 Å². The second-order valence-corrected chi connectivity index (χ2v) is 0.697. The Morgan fingerprint density at radius 3 is 2.25 bits per heavy atom. The van der Waals surface area contributed by atoms with Crippen molar-refractivity contribution in [1.82, 2.24) is 0 Å². The Labute approximate surface area is 27.7 Å². The van der Waals surface area contributed by atoms with Crippen molar-refractivity contribution in [3.8, 4) is 0 Å². The minimum atomic E-state index is 1.08. The van der Waals surface area contributed by atoms with Crippen LogP contribution < -0.4 is 0 Å². The van der Waals surface area contributed by atoms with Crippen molar-refractivity contribution in [3.63, 3.8) is 0 Å². The van der Waals surface area contributed by atoms with E-state index in [9.17, 15) is 0 Å². The molecule has 0 aliphatic heterocycles. The van der Waals surface area contributed by atoms with Crippen LogP contribution in [0.4, 0.5) is 0 Å². The van der Waals surface area contributed by atoms with Crippen LogP contribution in [0.3, 0.4) is 0 Å². The zero-order valence-corrected chi connectivity index (χ0v) is 2.99. The molecule has 0 nitrogen and oxygen atoms in total. The van der Waals surface area contributed by atoms with Gasteiger partial charge in [-0.15, -0.1) is 0 Å². The Morgan fingerprint density at radius 1 is 2.00 bits per heavy atom. The molecule has 0 heterocycles. The molecule has 4 heavy (non-hydrogen) atoms. The number of hydrogen-bond acceptors (Lipinski definition) is 0. The average Bonchev–Trinajstić information content (AvgIpc) is 1.37. The molecule has 0 saturated heterocycles. The molecule has 0 aliphatic carbocycles. The molecule has 0 aliphatic rings. The van der Waals surface area contributed by atoms with Crippen molar-refractivity contribution in [3.05, 3.63) is 0 Å². The van der Waals surface area contributed by atoms with Crippen LogP contribution in [0.25, 0.3) is 0 Å². The van der Waals surface area contributed by atoms with Crippen LogP contribution >= 0.6 is 0 Å². The third-order valence-electron chi connectivity index (χ3n) is 0.289. The zero-order valence-electron chi connectivity index (χ0n) is 2.99. The SMILES string of the molecule is C=BCC. The number of hydrogen-bond donors (Lipinski definition) is 0. The van der Waals surface area contributed by atoms with Crippen molar-refractivity contribution in [2.45, 2.75) is 13.2 Å². The molecule has 0 aromatic heterocycles. The second kappa shape index (κ2) is 2.93. The van der Waals surface area contributed by atoms with Gasteiger partial charge in [0, 0.05) is 0 Å². The summed E-state index contributed by atoms with van der Waals surface area (Å²) in [4.78, 5) is 0. The van der Waals surface area contributed by atoms with Crippen molar-refractivity contribution < 1.29 is 0 Å². The number of rotatable bonds is 1. The first-order chi connectivity index (χ1) is 1.91. The molecule has 0 saturated carbocycles. The monoisotopic (exact) mass is 54.1 g/mol. The summed E-state index contributed by atoms with van der Waals surface area (Å²) in [6.07, 6.45) is 1.08. The van der Waals surface area contributed by atoms with Gasteiger partial charge < -0.3 is 0 Å². The van der Waals surface area contributed by atoms with E-state index in [-0.39, 0.29) is 0 Å². The average molecular weight is 53.9 g/mol. The Bertz CT molecular complexity index is 17.2. The van der Waals surface area contributed by atoms with Crippen LogP contribution in [0.15, 0.2) is 0 Å². The van der Waals surface area contributed by atoms with Gasteiger partial charge in [-0.3, -0.25) is 0 Å². The third-order valence-corrected chi connectivity index (χ3v) is 0.289. The van der Waals surface area contributed by atoms with Gasteiger partial charge in [0.15, 0.2) is 0 Å². The van der Waals surface area contributed by atoms with E-state index in [4.69, 9.17) is 0 Å². The van der Waals surface area contributed by atoms with Gasteiger partial charge >= 0.3 is 26.6 Å². The van der Waals surface area contributed by atoms with E-state index in [0.29, 0.717) is 0 Å². The Kier molecular flexibility index (Phi) is 2.89. The molecule has 22 valence electrons. The molecular weight excluding hydrogens is 46.8 g/mol. The molecular formula is C3H7B. The van der Waals surface area contributed by atoms with Crippen LogP contribution in [-0.4, -0.2) is 13.4 Å². The van der Waals surface area contributed by atoms with Gasteiger partial charge in [0.05, 0.1) is 0 Å². The summed E-state index contributed by atoms with van der Waals surface area (Å²) in [5, 5.41) is 0. The van der Waals surface area contributed by atoms with Gasteiger partial charge in [-0.1, -0.05) is 0 Å². The molecule has 0 N–H and O–H groups in total. The third kappa shape index (κ3) is 1.93. The first-order valence-electron chi connectivity index (χ1n) is 1.52. The molecule has 0 unspecified atom stereocenters. The van der Waals surface area contributed by atoms with Gasteiger partial charge in [0.2, 0.25) is 0 Å². The second-order valence-electron chi connectivity index (χ2n) is 0.697. The van der Waals surface area contributed by atoms with Crippen molar-refractivity contribution >= 4 is 13.4 Å². The Morgan fingerprint density at radius 2 is 2.25 bits per heavy atom. The van der Waals surface area contributed by atoms with Gasteiger partial charge in [0.1, 0.15) is 0 Å². The van der Waals surface area contributed by atoms with Crippen LogP contribution in [0, 0.1) is 0 Å². The molecule has 0 fully saturated rings. The topological polar surface area (TPSA) is 0 Å². The predicted molar refractivity (Wildman–Crippen MR) is 23.4 cm³/mol. The van der Waals surface area contributed by atoms with Crippen molar-refractivity contribution in [2.75, 3.05) is 0 Å². The summed E-state index contributed by atoms with van der Waals surface area (Å²) >= 11 is 0. The van der Waals surface area contributed by atoms with Gasteiger partial charge in [-0.2, -0.15) is 0 Å². The summed E-state index contributed by atoms with van der Waals surface area (Å²) in [5.74, 6) is 0. The fourth-order valence-corrected chi connectivity index (χ4v) is 0. The summed E-state index contributed by atoms with van der Waals surface area (Å²) in [5.41, 5.74) is 0. The summed E-state index contributed by atoms with van der Waals surface area (Å²) in [6, 6.07) is 0. The normalized spacial score (nSPS) is 5.25. The predicted octanol–water partition coefficient (Wildman–Crippen LogP) is 0.561. The van der Waals surface area contributed by atoms with Crippen LogP contribution in [0.5, 0.6) is 0 Å². The Hall–Kier alpha value is -0.0651. The molecule has 0 aromatic carbocycles. The quantitative estimate of drug-likeness (QED) is 0.383. The maximum absolute atomic E-state index is 3.48. The van der Waals surface area contributed by atoms with E-state index in [1.165, 1.54) is 0 Å². The molecule has 0 amide bonds. The fraction of sp³-hybridized carbons (Fsp3) is 0.667. The molecule has 1 heteroatoms. The fourth-order valence-electron chi connectivity index (χ4n) is 0. The minimum absolute atomic E-state index is 1.08. The summed E-state index contributed by atoms with van der Waals surface area (Å²) in [7, 11) is 0. The van der Waals surface area contributed by atoms with E-state index in [0.717, 1.165) is 6.32 Å². The first-order valence-corrected chi connectivity index (χ1v) is 1.52. The van der Waals surface area contributed by atoms with Crippen LogP contribution in [0.2, 0.25) is 6.32 Å².